The van der Waals surface area contributed by atoms with Crippen molar-refractivity contribution in [3.8, 4) is 0 Å². The van der Waals surface area contributed by atoms with Gasteiger partial charge in [-0.25, -0.2) is 4.79 Å². The Kier molecular flexibility index (Phi) is 31.2. The fraction of sp³-hybridized carbons (Fsp3) is 0.690. The summed E-state index contributed by atoms with van der Waals surface area (Å²) in [5.41, 5.74) is 0. The number of allylic oxidation sites excluding steroid dienone is 10. The highest BCUT2D eigenvalue weighted by molar-refractivity contribution is 5.72. The number of hydrogen-bond donors (Lipinski definition) is 1. The van der Waals surface area contributed by atoms with E-state index in [0.29, 0.717) is 19.3 Å². The van der Waals surface area contributed by atoms with Crippen LogP contribution in [0.2, 0.25) is 0 Å². The predicted molar refractivity (Wildman–Crippen MR) is 206 cm³/mol. The summed E-state index contributed by atoms with van der Waals surface area (Å²) >= 11 is 0. The Bertz CT molecular complexity index is 1010. The minimum Gasteiger partial charge on any atom is -0.477 e. The van der Waals surface area contributed by atoms with Crippen LogP contribution in [0.1, 0.15) is 136 Å². The molecule has 0 rings (SSSR count). The first-order valence-electron chi connectivity index (χ1n) is 19.4. The van der Waals surface area contributed by atoms with Crippen molar-refractivity contribution in [2.24, 2.45) is 0 Å². The molecule has 0 heterocycles. The minimum atomic E-state index is -0.889. The summed E-state index contributed by atoms with van der Waals surface area (Å²) in [6.07, 6.45) is 38.5. The summed E-state index contributed by atoms with van der Waals surface area (Å²) in [5.74, 6) is -1.59. The molecule has 2 unspecified atom stereocenters. The van der Waals surface area contributed by atoms with Gasteiger partial charge in [0.1, 0.15) is 6.61 Å². The predicted octanol–water partition coefficient (Wildman–Crippen LogP) is 9.85. The van der Waals surface area contributed by atoms with Crippen molar-refractivity contribution in [2.45, 2.75) is 148 Å². The molecule has 0 spiro atoms. The molecule has 0 aliphatic heterocycles. The molecule has 8 heteroatoms. The number of nitrogens with zero attached hydrogens (tertiary/aromatic N) is 1. The van der Waals surface area contributed by atoms with Crippen LogP contribution >= 0.6 is 0 Å². The summed E-state index contributed by atoms with van der Waals surface area (Å²) in [5, 5.41) is 9.58. The van der Waals surface area contributed by atoms with E-state index in [1.54, 1.807) is 0 Å². The van der Waals surface area contributed by atoms with Crippen molar-refractivity contribution in [1.29, 1.82) is 0 Å². The number of carbonyl (C=O) groups is 3. The van der Waals surface area contributed by atoms with Gasteiger partial charge in [-0.2, -0.15) is 0 Å². The highest BCUT2D eigenvalue weighted by Gasteiger charge is 2.31. The summed E-state index contributed by atoms with van der Waals surface area (Å²) in [4.78, 5) is 36.7. The third-order valence-corrected chi connectivity index (χ3v) is 8.23. The Hall–Kier alpha value is -2.97. The van der Waals surface area contributed by atoms with Crippen molar-refractivity contribution in [2.75, 3.05) is 41.0 Å². The van der Waals surface area contributed by atoms with Crippen molar-refractivity contribution in [1.82, 2.24) is 0 Å². The number of carboxylic acids is 1. The van der Waals surface area contributed by atoms with Crippen LogP contribution in [0.25, 0.3) is 0 Å². The van der Waals surface area contributed by atoms with Crippen molar-refractivity contribution in [3.63, 3.8) is 0 Å². The lowest BCUT2D eigenvalue weighted by Crippen LogP contribution is -2.50. The van der Waals surface area contributed by atoms with Crippen LogP contribution in [0.4, 0.5) is 0 Å². The highest BCUT2D eigenvalue weighted by atomic mass is 16.6. The molecule has 8 nitrogen and oxygen atoms in total. The Morgan fingerprint density at radius 2 is 1.24 bits per heavy atom. The molecule has 0 saturated carbocycles. The summed E-state index contributed by atoms with van der Waals surface area (Å²) in [6, 6.07) is -0.627. The van der Waals surface area contributed by atoms with Gasteiger partial charge in [-0.15, -0.1) is 0 Å². The van der Waals surface area contributed by atoms with Gasteiger partial charge in [0.15, 0.2) is 12.1 Å². The number of esters is 2. The van der Waals surface area contributed by atoms with Gasteiger partial charge in [0.25, 0.3) is 0 Å². The maximum absolute atomic E-state index is 12.6. The molecule has 0 aliphatic carbocycles. The van der Waals surface area contributed by atoms with E-state index in [4.69, 9.17) is 14.2 Å². The number of likely N-dealkylation sites (N-methyl/N-ethyl adjacent to an activating group) is 1. The Labute approximate surface area is 305 Å². The maximum Gasteiger partial charge on any atom is 0.362 e. The maximum atomic E-state index is 12.6. The van der Waals surface area contributed by atoms with E-state index in [0.717, 1.165) is 57.8 Å². The van der Waals surface area contributed by atoms with E-state index < -0.39 is 18.1 Å². The molecule has 0 saturated heterocycles. The minimum absolute atomic E-state index is 0.0292. The Morgan fingerprint density at radius 1 is 0.640 bits per heavy atom. The largest absolute Gasteiger partial charge is 0.477 e. The zero-order valence-corrected chi connectivity index (χ0v) is 32.3. The standard InChI is InChI=1S/C42H71NO7/c1-6-8-10-12-14-16-18-20-22-24-26-28-30-32-40(44)49-37-38(36-48-35-34-39(42(46)47)43(3,4)5)50-41(45)33-31-29-27-25-23-21-19-17-15-13-11-9-7-2/h8,10,12,14,16,18,21,23,27,29,38-39H,6-7,9,11,13,15,17,19-20,22,24-26,28,30-37H2,1-5H3/p+1/b10-8+,14-12+,18-16+,23-21+,29-27+. The summed E-state index contributed by atoms with van der Waals surface area (Å²) in [7, 11) is 5.48. The third-order valence-electron chi connectivity index (χ3n) is 8.23. The monoisotopic (exact) mass is 703 g/mol. The Morgan fingerprint density at radius 3 is 1.88 bits per heavy atom. The van der Waals surface area contributed by atoms with Gasteiger partial charge in [0.2, 0.25) is 0 Å². The van der Waals surface area contributed by atoms with Gasteiger partial charge in [-0.3, -0.25) is 9.59 Å². The van der Waals surface area contributed by atoms with Gasteiger partial charge in [-0.1, -0.05) is 126 Å². The molecule has 2 atom stereocenters. The normalized spacial score (nSPS) is 13.7. The quantitative estimate of drug-likeness (QED) is 0.0239. The first-order valence-corrected chi connectivity index (χ1v) is 19.4. The average molecular weight is 703 g/mol. The zero-order chi connectivity index (χ0) is 37.1. The van der Waals surface area contributed by atoms with Gasteiger partial charge in [0.05, 0.1) is 34.4 Å². The van der Waals surface area contributed by atoms with Crippen LogP contribution in [-0.2, 0) is 28.6 Å². The number of unbranched alkanes of at least 4 members (excludes halogenated alkanes) is 11. The molecule has 0 radical (unpaired) electrons. The van der Waals surface area contributed by atoms with E-state index >= 15 is 0 Å². The molecule has 0 aromatic heterocycles. The van der Waals surface area contributed by atoms with Crippen molar-refractivity contribution >= 4 is 17.9 Å². The molecule has 50 heavy (non-hydrogen) atoms. The summed E-state index contributed by atoms with van der Waals surface area (Å²) < 4.78 is 17.1. The lowest BCUT2D eigenvalue weighted by atomic mass is 10.1. The lowest BCUT2D eigenvalue weighted by Gasteiger charge is -2.31. The van der Waals surface area contributed by atoms with E-state index in [1.807, 2.05) is 39.4 Å². The van der Waals surface area contributed by atoms with Crippen molar-refractivity contribution in [3.05, 3.63) is 60.8 Å². The number of hydrogen-bond acceptors (Lipinski definition) is 6. The SMILES string of the molecule is CC/C=C/C=C/C=C/CCCCCCCC(=O)OCC(COCCC(C(=O)O)[N+](C)(C)C)OC(=O)CC/C=C/C/C=C/CCCCCCCC. The molecule has 0 amide bonds. The average Bonchev–Trinajstić information content (AvgIpc) is 3.06. The first kappa shape index (κ1) is 47.0. The second-order valence-electron chi connectivity index (χ2n) is 13.9. The third kappa shape index (κ3) is 31.0. The fourth-order valence-electron chi connectivity index (χ4n) is 5.20. The van der Waals surface area contributed by atoms with Crippen LogP contribution in [0, 0.1) is 0 Å². The molecular weight excluding hydrogens is 630 g/mol. The topological polar surface area (TPSA) is 99.1 Å². The fourth-order valence-corrected chi connectivity index (χ4v) is 5.20. The van der Waals surface area contributed by atoms with Crippen LogP contribution in [0.5, 0.6) is 0 Å². The van der Waals surface area contributed by atoms with Gasteiger partial charge in [-0.05, 0) is 51.4 Å². The van der Waals surface area contributed by atoms with Crippen molar-refractivity contribution < 1.29 is 38.2 Å². The highest BCUT2D eigenvalue weighted by Crippen LogP contribution is 2.12. The molecule has 286 valence electrons. The van der Waals surface area contributed by atoms with Crippen LogP contribution in [-0.4, -0.2) is 80.6 Å². The molecule has 0 aromatic rings. The lowest BCUT2D eigenvalue weighted by molar-refractivity contribution is -0.887. The van der Waals surface area contributed by atoms with Gasteiger partial charge >= 0.3 is 17.9 Å². The number of rotatable bonds is 33. The van der Waals surface area contributed by atoms with E-state index in [9.17, 15) is 19.5 Å². The number of ether oxygens (including phenoxy) is 3. The smallest absolute Gasteiger partial charge is 0.362 e. The van der Waals surface area contributed by atoms with Gasteiger partial charge < -0.3 is 23.8 Å². The summed E-state index contributed by atoms with van der Waals surface area (Å²) in [6.45, 7) is 4.48. The number of aliphatic carboxylic acids is 1. The first-order chi connectivity index (χ1) is 24.1. The second kappa shape index (κ2) is 33.2. The van der Waals surface area contributed by atoms with Gasteiger partial charge in [0, 0.05) is 19.3 Å². The number of quaternary nitrogens is 1. The molecule has 0 aliphatic rings. The number of carbonyl (C=O) groups excluding carboxylic acids is 2. The van der Waals surface area contributed by atoms with E-state index in [2.05, 4.69) is 56.4 Å². The van der Waals surface area contributed by atoms with Crippen LogP contribution < -0.4 is 0 Å². The number of carboxylic acid groups (broad SMARTS) is 1. The van der Waals surface area contributed by atoms with E-state index in [1.165, 1.54) is 38.5 Å². The molecule has 0 aromatic carbocycles. The molecular formula is C42H72NO7+. The van der Waals surface area contributed by atoms with E-state index in [-0.39, 0.29) is 42.7 Å². The second-order valence-corrected chi connectivity index (χ2v) is 13.9. The molecule has 0 fully saturated rings. The van der Waals surface area contributed by atoms with Crippen LogP contribution in [0.15, 0.2) is 60.8 Å². The zero-order valence-electron chi connectivity index (χ0n) is 32.3. The molecule has 0 bridgehead atoms. The Balaban J connectivity index is 4.55. The van der Waals surface area contributed by atoms with Crippen LogP contribution in [0.3, 0.4) is 0 Å². The molecule has 1 N–H and O–H groups in total.